The summed E-state index contributed by atoms with van der Waals surface area (Å²) in [4.78, 5) is 0.343. The van der Waals surface area contributed by atoms with Crippen molar-refractivity contribution < 1.29 is 13.2 Å². The van der Waals surface area contributed by atoms with Crippen molar-refractivity contribution in [2.45, 2.75) is 25.3 Å². The smallest absolute Gasteiger partial charge is 0.246 e. The molecule has 8 heteroatoms. The summed E-state index contributed by atoms with van der Waals surface area (Å²) in [5.74, 6) is 0. The summed E-state index contributed by atoms with van der Waals surface area (Å²) in [6.45, 7) is 6.67. The number of hydrogen-bond donors (Lipinski definition) is 1. The second-order valence-electron chi connectivity index (χ2n) is 4.84. The van der Waals surface area contributed by atoms with E-state index < -0.39 is 10.0 Å². The highest BCUT2D eigenvalue weighted by molar-refractivity contribution is 7.89. The van der Waals surface area contributed by atoms with Crippen molar-refractivity contribution in [1.29, 1.82) is 0 Å². The van der Waals surface area contributed by atoms with Crippen LogP contribution in [0.1, 0.15) is 11.4 Å². The number of ether oxygens (including phenoxy) is 1. The molecule has 0 bridgehead atoms. The molecule has 0 aromatic carbocycles. The molecule has 1 N–H and O–H groups in total. The maximum absolute atomic E-state index is 12.7. The molecule has 1 aliphatic heterocycles. The molecular weight excluding hydrogens is 280 g/mol. The monoisotopic (exact) mass is 302 g/mol. The van der Waals surface area contributed by atoms with Crippen LogP contribution in [0.3, 0.4) is 0 Å². The Hall–Kier alpha value is -0.960. The fourth-order valence-corrected chi connectivity index (χ4v) is 4.19. The van der Waals surface area contributed by atoms with Gasteiger partial charge in [0.05, 0.1) is 31.1 Å². The van der Waals surface area contributed by atoms with E-state index in [9.17, 15) is 8.42 Å². The molecule has 2 rings (SSSR count). The van der Waals surface area contributed by atoms with E-state index in [0.29, 0.717) is 49.1 Å². The van der Waals surface area contributed by atoms with Crippen molar-refractivity contribution in [2.24, 2.45) is 0 Å². The third-order valence-corrected chi connectivity index (χ3v) is 5.61. The summed E-state index contributed by atoms with van der Waals surface area (Å²) in [5, 5.41) is 7.39. The Morgan fingerprint density at radius 2 is 1.95 bits per heavy atom. The van der Waals surface area contributed by atoms with Gasteiger partial charge in [0.2, 0.25) is 10.0 Å². The predicted molar refractivity (Wildman–Crippen MR) is 75.2 cm³/mol. The Bertz CT molecular complexity index is 562. The van der Waals surface area contributed by atoms with Crippen molar-refractivity contribution in [3.63, 3.8) is 0 Å². The number of aryl methyl sites for hydroxylation is 1. The van der Waals surface area contributed by atoms with Gasteiger partial charge in [-0.1, -0.05) is 0 Å². The number of nitrogens with one attached hydrogen (secondary N) is 1. The molecule has 20 heavy (non-hydrogen) atoms. The molecular formula is C12H22N4O3S. The van der Waals surface area contributed by atoms with Gasteiger partial charge in [0.1, 0.15) is 4.90 Å². The van der Waals surface area contributed by atoms with Crippen molar-refractivity contribution in [2.75, 3.05) is 39.9 Å². The summed E-state index contributed by atoms with van der Waals surface area (Å²) in [6, 6.07) is 0. The first-order chi connectivity index (χ1) is 9.48. The highest BCUT2D eigenvalue weighted by atomic mass is 32.2. The second-order valence-corrected chi connectivity index (χ2v) is 6.72. The minimum atomic E-state index is -3.48. The minimum absolute atomic E-state index is 0.343. The molecule has 0 amide bonds. The fraction of sp³-hybridized carbons (Fsp3) is 0.750. The van der Waals surface area contributed by atoms with Gasteiger partial charge < -0.3 is 10.1 Å². The summed E-state index contributed by atoms with van der Waals surface area (Å²) >= 11 is 0. The third kappa shape index (κ3) is 2.88. The first-order valence-corrected chi connectivity index (χ1v) is 8.19. The lowest BCUT2D eigenvalue weighted by Crippen LogP contribution is -2.41. The van der Waals surface area contributed by atoms with Crippen LogP contribution in [-0.2, 0) is 21.3 Å². The molecule has 0 atom stereocenters. The van der Waals surface area contributed by atoms with E-state index in [0.717, 1.165) is 6.54 Å². The van der Waals surface area contributed by atoms with E-state index in [4.69, 9.17) is 4.74 Å². The summed E-state index contributed by atoms with van der Waals surface area (Å²) in [5.41, 5.74) is 1.26. The zero-order valence-electron chi connectivity index (χ0n) is 12.2. The van der Waals surface area contributed by atoms with Gasteiger partial charge in [-0.2, -0.15) is 9.40 Å². The van der Waals surface area contributed by atoms with Crippen molar-refractivity contribution in [3.05, 3.63) is 11.4 Å². The lowest BCUT2D eigenvalue weighted by atomic mass is 10.4. The van der Waals surface area contributed by atoms with Crippen LogP contribution in [0.5, 0.6) is 0 Å². The molecule has 1 aromatic heterocycles. The Morgan fingerprint density at radius 3 is 2.55 bits per heavy atom. The van der Waals surface area contributed by atoms with Crippen LogP contribution in [0, 0.1) is 13.8 Å². The quantitative estimate of drug-likeness (QED) is 0.811. The van der Waals surface area contributed by atoms with E-state index in [-0.39, 0.29) is 0 Å². The van der Waals surface area contributed by atoms with Gasteiger partial charge in [-0.25, -0.2) is 8.42 Å². The molecule has 0 saturated carbocycles. The summed E-state index contributed by atoms with van der Waals surface area (Å²) in [6.07, 6.45) is 0. The average molecular weight is 302 g/mol. The fourth-order valence-electron chi connectivity index (χ4n) is 2.41. The third-order valence-electron chi connectivity index (χ3n) is 3.46. The van der Waals surface area contributed by atoms with E-state index in [1.54, 1.807) is 11.6 Å². The van der Waals surface area contributed by atoms with Crippen LogP contribution in [-0.4, -0.2) is 62.4 Å². The van der Waals surface area contributed by atoms with Crippen LogP contribution < -0.4 is 5.32 Å². The number of hydrogen-bond acceptors (Lipinski definition) is 5. The molecule has 2 heterocycles. The average Bonchev–Trinajstić information content (AvgIpc) is 2.72. The van der Waals surface area contributed by atoms with Crippen molar-refractivity contribution >= 4 is 10.0 Å². The van der Waals surface area contributed by atoms with Crippen molar-refractivity contribution in [3.8, 4) is 0 Å². The highest BCUT2D eigenvalue weighted by Gasteiger charge is 2.31. The predicted octanol–water partition coefficient (Wildman–Crippen LogP) is -0.260. The molecule has 0 unspecified atom stereocenters. The van der Waals surface area contributed by atoms with Gasteiger partial charge in [0.25, 0.3) is 0 Å². The van der Waals surface area contributed by atoms with E-state index >= 15 is 0 Å². The lowest BCUT2D eigenvalue weighted by Gasteiger charge is -2.26. The topological polar surface area (TPSA) is 76.5 Å². The summed E-state index contributed by atoms with van der Waals surface area (Å²) < 4.78 is 33.9. The number of morpholine rings is 1. The maximum Gasteiger partial charge on any atom is 0.246 e. The number of sulfonamides is 1. The van der Waals surface area contributed by atoms with Gasteiger partial charge in [-0.3, -0.25) is 4.68 Å². The molecule has 0 spiro atoms. The maximum atomic E-state index is 12.7. The second kappa shape index (κ2) is 6.21. The molecule has 1 saturated heterocycles. The van der Waals surface area contributed by atoms with Gasteiger partial charge in [-0.15, -0.1) is 0 Å². The van der Waals surface area contributed by atoms with E-state index in [1.807, 2.05) is 14.0 Å². The van der Waals surface area contributed by atoms with Crippen molar-refractivity contribution in [1.82, 2.24) is 19.4 Å². The van der Waals surface area contributed by atoms with Crippen LogP contribution >= 0.6 is 0 Å². The molecule has 1 fully saturated rings. The first-order valence-electron chi connectivity index (χ1n) is 6.75. The Kier molecular flexibility index (Phi) is 4.79. The highest BCUT2D eigenvalue weighted by Crippen LogP contribution is 2.24. The molecule has 7 nitrogen and oxygen atoms in total. The van der Waals surface area contributed by atoms with Crippen LogP contribution in [0.15, 0.2) is 4.90 Å². The lowest BCUT2D eigenvalue weighted by molar-refractivity contribution is 0.0730. The zero-order valence-corrected chi connectivity index (χ0v) is 13.0. The number of aromatic nitrogens is 2. The molecule has 0 radical (unpaired) electrons. The van der Waals surface area contributed by atoms with Gasteiger partial charge in [-0.05, 0) is 20.9 Å². The first kappa shape index (κ1) is 15.4. The van der Waals surface area contributed by atoms with Crippen LogP contribution in [0.2, 0.25) is 0 Å². The van der Waals surface area contributed by atoms with Crippen LogP contribution in [0.25, 0.3) is 0 Å². The van der Waals surface area contributed by atoms with E-state index in [2.05, 4.69) is 10.4 Å². The van der Waals surface area contributed by atoms with Gasteiger partial charge in [0, 0.05) is 19.6 Å². The largest absolute Gasteiger partial charge is 0.379 e. The van der Waals surface area contributed by atoms with E-state index in [1.165, 1.54) is 4.31 Å². The Labute approximate surface area is 120 Å². The zero-order chi connectivity index (χ0) is 14.8. The number of likely N-dealkylation sites (N-methyl/N-ethyl adjacent to an activating group) is 1. The van der Waals surface area contributed by atoms with Gasteiger partial charge in [0.15, 0.2) is 0 Å². The normalized spacial score (nSPS) is 17.6. The minimum Gasteiger partial charge on any atom is -0.379 e. The SMILES string of the molecule is CNCCn1nc(C)c(S(=O)(=O)N2CCOCC2)c1C. The number of rotatable bonds is 5. The molecule has 0 aliphatic carbocycles. The Balaban J connectivity index is 2.33. The van der Waals surface area contributed by atoms with Crippen LogP contribution in [0.4, 0.5) is 0 Å². The molecule has 1 aromatic rings. The summed E-state index contributed by atoms with van der Waals surface area (Å²) in [7, 11) is -1.62. The molecule has 1 aliphatic rings. The molecule has 114 valence electrons. The Morgan fingerprint density at radius 1 is 1.30 bits per heavy atom. The number of nitrogens with zero attached hydrogens (tertiary/aromatic N) is 3. The van der Waals surface area contributed by atoms with Gasteiger partial charge >= 0.3 is 0 Å². The standard InChI is InChI=1S/C12H22N4O3S/c1-10-12(11(2)16(14-10)5-4-13-3)20(17,18)15-6-8-19-9-7-15/h13H,4-9H2,1-3H3.